The van der Waals surface area contributed by atoms with Crippen molar-refractivity contribution in [3.8, 4) is 0 Å². The Morgan fingerprint density at radius 1 is 1.31 bits per heavy atom. The fourth-order valence-corrected chi connectivity index (χ4v) is 1.38. The average Bonchev–Trinajstić information content (AvgIpc) is 2.18. The Hall–Kier alpha value is -0.890. The number of halogens is 1. The molecule has 1 rings (SSSR count). The Morgan fingerprint density at radius 3 is 2.46 bits per heavy atom. The SMILES string of the molecule is CC(C)(CO)c1ccccc1CF. The van der Waals surface area contributed by atoms with Gasteiger partial charge in [0.05, 0.1) is 6.61 Å². The van der Waals surface area contributed by atoms with Crippen molar-refractivity contribution in [1.82, 2.24) is 0 Å². The zero-order chi connectivity index (χ0) is 9.90. The van der Waals surface area contributed by atoms with Crippen molar-refractivity contribution in [2.45, 2.75) is 25.9 Å². The molecule has 0 spiro atoms. The predicted octanol–water partition coefficient (Wildman–Crippen LogP) is 2.43. The fraction of sp³-hybridized carbons (Fsp3) is 0.455. The standard InChI is InChI=1S/C11H15FO/c1-11(2,8-13)10-6-4-3-5-9(10)7-12/h3-6,13H,7-8H2,1-2H3. The van der Waals surface area contributed by atoms with Crippen molar-refractivity contribution in [3.05, 3.63) is 35.4 Å². The first kappa shape index (κ1) is 10.2. The largest absolute Gasteiger partial charge is 0.395 e. The average molecular weight is 182 g/mol. The summed E-state index contributed by atoms with van der Waals surface area (Å²) in [7, 11) is 0. The lowest BCUT2D eigenvalue weighted by molar-refractivity contribution is 0.217. The molecule has 0 atom stereocenters. The molecule has 0 bridgehead atoms. The second-order valence-corrected chi connectivity index (χ2v) is 3.83. The summed E-state index contributed by atoms with van der Waals surface area (Å²) in [6.45, 7) is 3.37. The van der Waals surface area contributed by atoms with Gasteiger partial charge in [0.2, 0.25) is 0 Å². The summed E-state index contributed by atoms with van der Waals surface area (Å²) in [5.41, 5.74) is 1.20. The second kappa shape index (κ2) is 3.88. The highest BCUT2D eigenvalue weighted by Crippen LogP contribution is 2.26. The van der Waals surface area contributed by atoms with Gasteiger partial charge < -0.3 is 5.11 Å². The van der Waals surface area contributed by atoms with Gasteiger partial charge in [-0.3, -0.25) is 0 Å². The van der Waals surface area contributed by atoms with Gasteiger partial charge in [-0.2, -0.15) is 0 Å². The van der Waals surface area contributed by atoms with E-state index in [-0.39, 0.29) is 12.0 Å². The molecule has 13 heavy (non-hydrogen) atoms. The van der Waals surface area contributed by atoms with Crippen LogP contribution in [0.4, 0.5) is 4.39 Å². The van der Waals surface area contributed by atoms with E-state index in [1.807, 2.05) is 32.0 Å². The van der Waals surface area contributed by atoms with Crippen molar-refractivity contribution in [2.24, 2.45) is 0 Å². The number of hydrogen-bond acceptors (Lipinski definition) is 1. The van der Waals surface area contributed by atoms with E-state index in [4.69, 9.17) is 5.11 Å². The number of aliphatic hydroxyl groups excluding tert-OH is 1. The minimum Gasteiger partial charge on any atom is -0.395 e. The minimum atomic E-state index is -0.473. The van der Waals surface area contributed by atoms with Gasteiger partial charge in [-0.15, -0.1) is 0 Å². The highest BCUT2D eigenvalue weighted by atomic mass is 19.1. The summed E-state index contributed by atoms with van der Waals surface area (Å²) in [4.78, 5) is 0. The summed E-state index contributed by atoms with van der Waals surface area (Å²) < 4.78 is 12.6. The normalized spacial score (nSPS) is 11.7. The molecular weight excluding hydrogens is 167 g/mol. The van der Waals surface area contributed by atoms with Crippen LogP contribution in [0.3, 0.4) is 0 Å². The van der Waals surface area contributed by atoms with Crippen molar-refractivity contribution >= 4 is 0 Å². The molecule has 0 aliphatic heterocycles. The first-order valence-electron chi connectivity index (χ1n) is 4.37. The minimum absolute atomic E-state index is 0.0318. The smallest absolute Gasteiger partial charge is 0.115 e. The Morgan fingerprint density at radius 2 is 1.92 bits per heavy atom. The number of rotatable bonds is 3. The number of aliphatic hydroxyl groups is 1. The lowest BCUT2D eigenvalue weighted by atomic mass is 9.83. The Bertz CT molecular complexity index is 281. The maximum Gasteiger partial charge on any atom is 0.115 e. The molecule has 0 aliphatic rings. The van der Waals surface area contributed by atoms with Gasteiger partial charge in [-0.05, 0) is 11.1 Å². The van der Waals surface area contributed by atoms with Crippen molar-refractivity contribution in [3.63, 3.8) is 0 Å². The lowest BCUT2D eigenvalue weighted by Gasteiger charge is -2.24. The second-order valence-electron chi connectivity index (χ2n) is 3.83. The third-order valence-corrected chi connectivity index (χ3v) is 2.29. The van der Waals surface area contributed by atoms with Gasteiger partial charge in [0, 0.05) is 5.41 Å². The van der Waals surface area contributed by atoms with Crippen LogP contribution in [0.25, 0.3) is 0 Å². The van der Waals surface area contributed by atoms with Gasteiger partial charge >= 0.3 is 0 Å². The van der Waals surface area contributed by atoms with Crippen LogP contribution in [0.5, 0.6) is 0 Å². The van der Waals surface area contributed by atoms with E-state index in [1.165, 1.54) is 0 Å². The van der Waals surface area contributed by atoms with Gasteiger partial charge in [0.25, 0.3) is 0 Å². The van der Waals surface area contributed by atoms with E-state index in [9.17, 15) is 4.39 Å². The number of benzene rings is 1. The maximum atomic E-state index is 12.6. The quantitative estimate of drug-likeness (QED) is 0.761. The van der Waals surface area contributed by atoms with E-state index < -0.39 is 6.67 Å². The molecule has 0 radical (unpaired) electrons. The molecule has 0 saturated heterocycles. The molecule has 0 amide bonds. The van der Waals surface area contributed by atoms with Crippen molar-refractivity contribution < 1.29 is 9.50 Å². The summed E-state index contributed by atoms with van der Waals surface area (Å²) in [5.74, 6) is 0. The molecule has 0 aliphatic carbocycles. The molecule has 2 heteroatoms. The highest BCUT2D eigenvalue weighted by Gasteiger charge is 2.21. The lowest BCUT2D eigenvalue weighted by Crippen LogP contribution is -2.23. The molecule has 1 aromatic carbocycles. The highest BCUT2D eigenvalue weighted by molar-refractivity contribution is 5.32. The molecule has 1 nitrogen and oxygen atoms in total. The van der Waals surface area contributed by atoms with Crippen molar-refractivity contribution in [2.75, 3.05) is 6.61 Å². The fourth-order valence-electron chi connectivity index (χ4n) is 1.38. The van der Waals surface area contributed by atoms with E-state index in [1.54, 1.807) is 6.07 Å². The van der Waals surface area contributed by atoms with Crippen LogP contribution in [0.15, 0.2) is 24.3 Å². The van der Waals surface area contributed by atoms with E-state index in [0.717, 1.165) is 5.56 Å². The van der Waals surface area contributed by atoms with Gasteiger partial charge in [-0.1, -0.05) is 38.1 Å². The van der Waals surface area contributed by atoms with Crippen LogP contribution in [0, 0.1) is 0 Å². The third-order valence-electron chi connectivity index (χ3n) is 2.29. The number of alkyl halides is 1. The van der Waals surface area contributed by atoms with Gasteiger partial charge in [0.15, 0.2) is 0 Å². The first-order chi connectivity index (χ1) is 6.11. The first-order valence-corrected chi connectivity index (χ1v) is 4.37. The monoisotopic (exact) mass is 182 g/mol. The number of hydrogen-bond donors (Lipinski definition) is 1. The molecule has 0 fully saturated rings. The molecule has 1 aromatic rings. The van der Waals surface area contributed by atoms with E-state index in [2.05, 4.69) is 0 Å². The zero-order valence-corrected chi connectivity index (χ0v) is 8.05. The van der Waals surface area contributed by atoms with Gasteiger partial charge in [0.1, 0.15) is 6.67 Å². The zero-order valence-electron chi connectivity index (χ0n) is 8.05. The molecule has 1 N–H and O–H groups in total. The van der Waals surface area contributed by atoms with E-state index in [0.29, 0.717) is 5.56 Å². The summed E-state index contributed by atoms with van der Waals surface area (Å²) in [6, 6.07) is 7.30. The van der Waals surface area contributed by atoms with Gasteiger partial charge in [-0.25, -0.2) is 4.39 Å². The summed E-state index contributed by atoms with van der Waals surface area (Å²) >= 11 is 0. The molecular formula is C11H15FO. The van der Waals surface area contributed by atoms with E-state index >= 15 is 0 Å². The van der Waals surface area contributed by atoms with Crippen LogP contribution in [0.2, 0.25) is 0 Å². The summed E-state index contributed by atoms with van der Waals surface area (Å²) in [6.07, 6.45) is 0. The molecule has 72 valence electrons. The van der Waals surface area contributed by atoms with Crippen molar-refractivity contribution in [1.29, 1.82) is 0 Å². The maximum absolute atomic E-state index is 12.6. The van der Waals surface area contributed by atoms with Crippen LogP contribution >= 0.6 is 0 Å². The molecule has 0 heterocycles. The molecule has 0 aromatic heterocycles. The van der Waals surface area contributed by atoms with Crippen LogP contribution < -0.4 is 0 Å². The predicted molar refractivity (Wildman–Crippen MR) is 51.4 cm³/mol. The van der Waals surface area contributed by atoms with Crippen LogP contribution in [0.1, 0.15) is 25.0 Å². The van der Waals surface area contributed by atoms with Crippen LogP contribution in [-0.2, 0) is 12.1 Å². The van der Waals surface area contributed by atoms with Crippen LogP contribution in [-0.4, -0.2) is 11.7 Å². The molecule has 0 saturated carbocycles. The topological polar surface area (TPSA) is 20.2 Å². The Balaban J connectivity index is 3.12. The Kier molecular flexibility index (Phi) is 3.04. The third kappa shape index (κ3) is 2.07. The Labute approximate surface area is 78.2 Å². The molecule has 0 unspecified atom stereocenters. The summed E-state index contributed by atoms with van der Waals surface area (Å²) in [5, 5.41) is 9.14.